The SMILES string of the molecule is CC[C@H](C)[C@H](NC(=O)CNC(=O)[C@@H](NC(=O)[C@@H](NC(=O)[C@@H](NC(=O)CNC(C)=O)[C@@H](C)O)[C@@H](C)O)[C@@H](C)O[C@H]1O[C@H](CO)[C@H](O)[C@H](O)[C@H]1NC(C)=O)C(=O)N[C@@H](CO)C(=O)N[C@H](C(N)=O)[C@@H](C)O. The van der Waals surface area contributed by atoms with Crippen LogP contribution >= 0.6 is 0 Å². The van der Waals surface area contributed by atoms with Crippen LogP contribution < -0.4 is 53.6 Å². The summed E-state index contributed by atoms with van der Waals surface area (Å²) in [4.78, 5) is 128. The van der Waals surface area contributed by atoms with Crippen LogP contribution in [0.15, 0.2) is 0 Å². The fourth-order valence-corrected chi connectivity index (χ4v) is 6.34. The summed E-state index contributed by atoms with van der Waals surface area (Å²) in [6, 6.07) is -11.9. The number of nitrogens with two attached hydrogens (primary N) is 1. The van der Waals surface area contributed by atoms with E-state index in [1.54, 1.807) is 6.92 Å². The second-order valence-electron chi connectivity index (χ2n) is 16.2. The molecule has 1 fully saturated rings. The van der Waals surface area contributed by atoms with Crippen molar-refractivity contribution in [3.05, 3.63) is 0 Å². The third-order valence-corrected chi connectivity index (χ3v) is 10.4. The molecule has 16 atom stereocenters. The molecule has 0 bridgehead atoms. The molecule has 0 unspecified atom stereocenters. The molecule has 0 aromatic carbocycles. The molecule has 0 aromatic heterocycles. The van der Waals surface area contributed by atoms with Gasteiger partial charge in [-0.15, -0.1) is 0 Å². The van der Waals surface area contributed by atoms with Crippen molar-refractivity contribution >= 4 is 59.1 Å². The van der Waals surface area contributed by atoms with E-state index in [-0.39, 0.29) is 6.42 Å². The molecule has 10 amide bonds. The molecule has 1 rings (SSSR count). The summed E-state index contributed by atoms with van der Waals surface area (Å²) in [7, 11) is 0. The third-order valence-electron chi connectivity index (χ3n) is 10.4. The van der Waals surface area contributed by atoms with E-state index in [4.69, 9.17) is 15.2 Å². The molecule has 1 saturated heterocycles. The van der Waals surface area contributed by atoms with E-state index in [2.05, 4.69) is 47.9 Å². The van der Waals surface area contributed by atoms with Gasteiger partial charge >= 0.3 is 0 Å². The van der Waals surface area contributed by atoms with Crippen molar-refractivity contribution < 1.29 is 93.2 Å². The van der Waals surface area contributed by atoms with Crippen molar-refractivity contribution in [1.82, 2.24) is 47.9 Å². The van der Waals surface area contributed by atoms with E-state index >= 15 is 0 Å². The second kappa shape index (κ2) is 28.6. The number of rotatable bonds is 27. The molecule has 1 aliphatic rings. The first-order chi connectivity index (χ1) is 31.6. The largest absolute Gasteiger partial charge is 0.394 e. The lowest BCUT2D eigenvalue weighted by Gasteiger charge is -2.43. The number of amides is 10. The van der Waals surface area contributed by atoms with Crippen LogP contribution in [-0.4, -0.2) is 212 Å². The number of hydrogen-bond donors (Lipinski definition) is 17. The van der Waals surface area contributed by atoms with Crippen LogP contribution in [0.4, 0.5) is 0 Å². The average Bonchev–Trinajstić information content (AvgIpc) is 3.26. The maximum Gasteiger partial charge on any atom is 0.245 e. The molecule has 68 heavy (non-hydrogen) atoms. The Bertz CT molecular complexity index is 1770. The number of carbonyl (C=O) groups excluding carboxylic acids is 10. The van der Waals surface area contributed by atoms with E-state index < -0.39 is 183 Å². The number of carbonyl (C=O) groups is 10. The van der Waals surface area contributed by atoms with Crippen LogP contribution in [0, 0.1) is 5.92 Å². The lowest BCUT2D eigenvalue weighted by atomic mass is 9.96. The van der Waals surface area contributed by atoms with Gasteiger partial charge in [-0.1, -0.05) is 20.3 Å². The molecule has 1 aliphatic heterocycles. The molecule has 0 spiro atoms. The Kier molecular flexibility index (Phi) is 25.4. The van der Waals surface area contributed by atoms with Gasteiger partial charge in [0.25, 0.3) is 0 Å². The van der Waals surface area contributed by atoms with Gasteiger partial charge in [0.2, 0.25) is 59.1 Å². The molecule has 388 valence electrons. The number of primary amides is 1. The first kappa shape index (κ1) is 60.4. The minimum absolute atomic E-state index is 0.253. The zero-order valence-electron chi connectivity index (χ0n) is 38.9. The average molecular weight is 981 g/mol. The Balaban J connectivity index is 3.51. The molecule has 29 heteroatoms. The summed E-state index contributed by atoms with van der Waals surface area (Å²) in [5.41, 5.74) is 5.20. The van der Waals surface area contributed by atoms with Gasteiger partial charge in [-0.3, -0.25) is 47.9 Å². The Labute approximate surface area is 390 Å². The van der Waals surface area contributed by atoms with Crippen molar-refractivity contribution in [3.63, 3.8) is 0 Å². The first-order valence-corrected chi connectivity index (χ1v) is 21.4. The minimum atomic E-state index is -1.96. The number of hydrogen-bond acceptors (Lipinski definition) is 19. The molecule has 0 aromatic rings. The minimum Gasteiger partial charge on any atom is -0.394 e. The van der Waals surface area contributed by atoms with Crippen molar-refractivity contribution in [1.29, 1.82) is 0 Å². The van der Waals surface area contributed by atoms with Crippen LogP contribution in [0.1, 0.15) is 61.8 Å². The molecule has 18 N–H and O–H groups in total. The maximum absolute atomic E-state index is 14.0. The fraction of sp³-hybridized carbons (Fsp3) is 0.744. The van der Waals surface area contributed by atoms with Gasteiger partial charge in [0, 0.05) is 13.8 Å². The quantitative estimate of drug-likeness (QED) is 0.0363. The molecule has 1 heterocycles. The van der Waals surface area contributed by atoms with Crippen LogP contribution in [0.25, 0.3) is 0 Å². The smallest absolute Gasteiger partial charge is 0.245 e. The Morgan fingerprint density at radius 3 is 1.53 bits per heavy atom. The van der Waals surface area contributed by atoms with Crippen molar-refractivity contribution in [2.75, 3.05) is 26.3 Å². The molecule has 29 nitrogen and oxygen atoms in total. The number of aliphatic hydroxyl groups excluding tert-OH is 7. The number of ether oxygens (including phenoxy) is 2. The van der Waals surface area contributed by atoms with Crippen molar-refractivity contribution in [2.24, 2.45) is 11.7 Å². The van der Waals surface area contributed by atoms with Gasteiger partial charge < -0.3 is 98.8 Å². The molecular weight excluding hydrogens is 912 g/mol. The van der Waals surface area contributed by atoms with Gasteiger partial charge in [-0.2, -0.15) is 0 Å². The Morgan fingerprint density at radius 2 is 1.07 bits per heavy atom. The van der Waals surface area contributed by atoms with Crippen LogP contribution in [0.2, 0.25) is 0 Å². The second-order valence-corrected chi connectivity index (χ2v) is 16.2. The molecule has 0 radical (unpaired) electrons. The number of nitrogens with one attached hydrogen (secondary N) is 9. The van der Waals surface area contributed by atoms with Crippen LogP contribution in [-0.2, 0) is 57.4 Å². The van der Waals surface area contributed by atoms with E-state index in [0.29, 0.717) is 0 Å². The fourth-order valence-electron chi connectivity index (χ4n) is 6.34. The standard InChI is InChI=1S/C39H68N10O19/c1-9-14(2)25(36(64)44-21(12-50)34(62)47-26(15(3)52)33(40)61)45-24(58)11-42-35(63)29(18(6)67-39-30(43-20(8)56)32(60)31(59)22(13-51)68-39)49-38(66)28(17(5)54)48-37(65)27(16(4)53)46-23(57)10-41-19(7)55/h14-18,21-22,25-32,39,50-54,59-60H,9-13H2,1-8H3,(H2,40,61)(H,41,55)(H,42,63)(H,43,56)(H,44,64)(H,45,58)(H,46,57)(H,47,62)(H,48,65)(H,49,66)/t14-,15+,16+,17+,18+,21-,22+,25-,26-,27-,28-,29-,30+,31-,32+,39-/m0/s1. The third kappa shape index (κ3) is 18.8. The lowest BCUT2D eigenvalue weighted by molar-refractivity contribution is -0.281. The zero-order chi connectivity index (χ0) is 52.3. The Morgan fingerprint density at radius 1 is 0.603 bits per heavy atom. The molecular formula is C39H68N10O19. The van der Waals surface area contributed by atoms with Crippen molar-refractivity contribution in [2.45, 2.75) is 153 Å². The van der Waals surface area contributed by atoms with Gasteiger partial charge in [-0.05, 0) is 33.6 Å². The highest BCUT2D eigenvalue weighted by Gasteiger charge is 2.47. The monoisotopic (exact) mass is 980 g/mol. The van der Waals surface area contributed by atoms with E-state index in [1.807, 2.05) is 0 Å². The predicted molar refractivity (Wildman–Crippen MR) is 230 cm³/mol. The van der Waals surface area contributed by atoms with Crippen LogP contribution in [0.5, 0.6) is 0 Å². The summed E-state index contributed by atoms with van der Waals surface area (Å²) < 4.78 is 11.5. The molecule has 0 saturated carbocycles. The van der Waals surface area contributed by atoms with Crippen molar-refractivity contribution in [3.8, 4) is 0 Å². The normalized spacial score (nSPS) is 22.8. The summed E-state index contributed by atoms with van der Waals surface area (Å²) >= 11 is 0. The lowest BCUT2D eigenvalue weighted by Crippen LogP contribution is -2.66. The Hall–Kier alpha value is -5.66. The van der Waals surface area contributed by atoms with Gasteiger partial charge in [-0.25, -0.2) is 0 Å². The van der Waals surface area contributed by atoms with Gasteiger partial charge in [0.05, 0.1) is 50.7 Å². The zero-order valence-corrected chi connectivity index (χ0v) is 38.9. The summed E-state index contributed by atoms with van der Waals surface area (Å²) in [6.07, 6.45) is -13.0. The van der Waals surface area contributed by atoms with Crippen LogP contribution in [0.3, 0.4) is 0 Å². The number of aliphatic hydroxyl groups is 7. The maximum atomic E-state index is 14.0. The highest BCUT2D eigenvalue weighted by Crippen LogP contribution is 2.24. The summed E-state index contributed by atoms with van der Waals surface area (Å²) in [5.74, 6) is -10.9. The first-order valence-electron chi connectivity index (χ1n) is 21.4. The predicted octanol–water partition coefficient (Wildman–Crippen LogP) is -9.84. The summed E-state index contributed by atoms with van der Waals surface area (Å²) in [6.45, 7) is 6.45. The molecule has 0 aliphatic carbocycles. The van der Waals surface area contributed by atoms with E-state index in [9.17, 15) is 83.7 Å². The van der Waals surface area contributed by atoms with E-state index in [1.165, 1.54) is 6.92 Å². The highest BCUT2D eigenvalue weighted by atomic mass is 16.7. The van der Waals surface area contributed by atoms with Gasteiger partial charge in [0.1, 0.15) is 60.6 Å². The van der Waals surface area contributed by atoms with E-state index in [0.717, 1.165) is 41.5 Å². The topological polar surface area (TPSA) is 465 Å². The summed E-state index contributed by atoms with van der Waals surface area (Å²) in [5, 5.41) is 91.7. The highest BCUT2D eigenvalue weighted by molar-refractivity contribution is 5.97. The van der Waals surface area contributed by atoms with Gasteiger partial charge in [0.15, 0.2) is 6.29 Å².